The van der Waals surface area contributed by atoms with Gasteiger partial charge in [-0.25, -0.2) is 0 Å². The zero-order chi connectivity index (χ0) is 21.1. The van der Waals surface area contributed by atoms with Gasteiger partial charge in [0, 0.05) is 69.3 Å². The average Bonchev–Trinajstić information content (AvgIpc) is 3.17. The highest BCUT2D eigenvalue weighted by molar-refractivity contribution is 6.30. The van der Waals surface area contributed by atoms with Gasteiger partial charge in [0.05, 0.1) is 6.04 Å². The molecule has 3 aliphatic heterocycles. The molecule has 0 aliphatic carbocycles. The van der Waals surface area contributed by atoms with Crippen LogP contribution in [0.5, 0.6) is 0 Å². The third kappa shape index (κ3) is 5.14. The highest BCUT2D eigenvalue weighted by atomic mass is 35.5. The normalized spacial score (nSPS) is 27.7. The molecule has 3 heterocycles. The molecule has 3 aliphatic rings. The van der Waals surface area contributed by atoms with Crippen LogP contribution in [0.25, 0.3) is 0 Å². The molecule has 30 heavy (non-hydrogen) atoms. The number of fused-ring (bicyclic) bond motifs is 1. The molecule has 7 nitrogen and oxygen atoms in total. The van der Waals surface area contributed by atoms with Crippen molar-refractivity contribution in [2.24, 2.45) is 0 Å². The van der Waals surface area contributed by atoms with E-state index in [2.05, 4.69) is 33.5 Å². The molecule has 1 aromatic rings. The molecule has 3 atom stereocenters. The first-order chi connectivity index (χ1) is 14.5. The van der Waals surface area contributed by atoms with E-state index in [1.165, 1.54) is 0 Å². The van der Waals surface area contributed by atoms with E-state index in [0.717, 1.165) is 62.7 Å². The Bertz CT molecular complexity index is 768. The fourth-order valence-electron chi connectivity index (χ4n) is 4.80. The number of carbonyl (C=O) groups is 2. The SMILES string of the molecule is CN1CCN(C(=O)CC[C@@H]2CNC(=O)[C@@H]3C[C@H](NCc4cccc(Cl)c4)CN23)CC1. The number of benzene rings is 1. The first-order valence-corrected chi connectivity index (χ1v) is 11.3. The van der Waals surface area contributed by atoms with Gasteiger partial charge in [0.2, 0.25) is 11.8 Å². The molecular weight excluding hydrogens is 402 g/mol. The zero-order valence-corrected chi connectivity index (χ0v) is 18.4. The summed E-state index contributed by atoms with van der Waals surface area (Å²) in [6.07, 6.45) is 2.15. The van der Waals surface area contributed by atoms with Crippen molar-refractivity contribution in [2.75, 3.05) is 46.3 Å². The topological polar surface area (TPSA) is 67.9 Å². The molecule has 0 saturated carbocycles. The molecule has 1 aromatic carbocycles. The van der Waals surface area contributed by atoms with Gasteiger partial charge in [-0.2, -0.15) is 0 Å². The van der Waals surface area contributed by atoms with Crippen molar-refractivity contribution in [3.05, 3.63) is 34.9 Å². The predicted octanol–water partition coefficient (Wildman–Crippen LogP) is 0.925. The maximum atomic E-state index is 12.6. The summed E-state index contributed by atoms with van der Waals surface area (Å²) < 4.78 is 0. The molecular formula is C22H32ClN5O2. The van der Waals surface area contributed by atoms with Crippen LogP contribution in [0, 0.1) is 0 Å². The minimum absolute atomic E-state index is 0.0978. The lowest BCUT2D eigenvalue weighted by Gasteiger charge is -2.38. The van der Waals surface area contributed by atoms with Gasteiger partial charge < -0.3 is 20.4 Å². The van der Waals surface area contributed by atoms with Gasteiger partial charge in [0.1, 0.15) is 0 Å². The van der Waals surface area contributed by atoms with Crippen LogP contribution in [0.2, 0.25) is 5.02 Å². The first-order valence-electron chi connectivity index (χ1n) is 11.0. The minimum Gasteiger partial charge on any atom is -0.353 e. The maximum Gasteiger partial charge on any atom is 0.237 e. The molecule has 2 amide bonds. The standard InChI is InChI=1S/C22H32ClN5O2/c1-26-7-9-27(10-8-26)21(29)6-5-19-14-25-22(30)20-12-18(15-28(19)20)24-13-16-3-2-4-17(23)11-16/h2-4,11,18-20,24H,5-10,12-15H2,1H3,(H,25,30)/t18-,19+,20-/m0/s1. The third-order valence-corrected chi connectivity index (χ3v) is 6.89. The number of hydrogen-bond donors (Lipinski definition) is 2. The van der Waals surface area contributed by atoms with Crippen LogP contribution < -0.4 is 10.6 Å². The smallest absolute Gasteiger partial charge is 0.237 e. The average molecular weight is 434 g/mol. The molecule has 0 radical (unpaired) electrons. The Labute approximate surface area is 183 Å². The zero-order valence-electron chi connectivity index (χ0n) is 17.6. The summed E-state index contributed by atoms with van der Waals surface area (Å²) in [7, 11) is 2.09. The molecule has 2 N–H and O–H groups in total. The van der Waals surface area contributed by atoms with Crippen molar-refractivity contribution in [3.8, 4) is 0 Å². The number of nitrogens with zero attached hydrogens (tertiary/aromatic N) is 3. The summed E-state index contributed by atoms with van der Waals surface area (Å²) in [6.45, 7) is 5.73. The highest BCUT2D eigenvalue weighted by Crippen LogP contribution is 2.26. The molecule has 0 bridgehead atoms. The van der Waals surface area contributed by atoms with E-state index in [1.54, 1.807) is 0 Å². The monoisotopic (exact) mass is 433 g/mol. The highest BCUT2D eigenvalue weighted by Gasteiger charge is 2.43. The fourth-order valence-corrected chi connectivity index (χ4v) is 5.02. The summed E-state index contributed by atoms with van der Waals surface area (Å²) in [6, 6.07) is 8.24. The lowest BCUT2D eigenvalue weighted by atomic mass is 10.0. The van der Waals surface area contributed by atoms with Crippen molar-refractivity contribution >= 4 is 23.4 Å². The molecule has 3 saturated heterocycles. The molecule has 0 spiro atoms. The van der Waals surface area contributed by atoms with E-state index in [9.17, 15) is 9.59 Å². The van der Waals surface area contributed by atoms with Crippen molar-refractivity contribution in [1.82, 2.24) is 25.3 Å². The number of halogens is 1. The lowest BCUT2D eigenvalue weighted by molar-refractivity contribution is -0.133. The van der Waals surface area contributed by atoms with Crippen LogP contribution in [0.3, 0.4) is 0 Å². The van der Waals surface area contributed by atoms with Crippen LogP contribution in [-0.2, 0) is 16.1 Å². The Kier molecular flexibility index (Phi) is 6.93. The summed E-state index contributed by atoms with van der Waals surface area (Å²) in [5.41, 5.74) is 1.14. The van der Waals surface area contributed by atoms with Gasteiger partial charge in [0.25, 0.3) is 0 Å². The van der Waals surface area contributed by atoms with Crippen molar-refractivity contribution < 1.29 is 9.59 Å². The molecule has 8 heteroatoms. The van der Waals surface area contributed by atoms with Gasteiger partial charge >= 0.3 is 0 Å². The van der Waals surface area contributed by atoms with E-state index in [0.29, 0.717) is 13.0 Å². The molecule has 3 fully saturated rings. The summed E-state index contributed by atoms with van der Waals surface area (Å²) in [5.74, 6) is 0.357. The van der Waals surface area contributed by atoms with E-state index in [4.69, 9.17) is 11.6 Å². The van der Waals surface area contributed by atoms with Crippen molar-refractivity contribution in [1.29, 1.82) is 0 Å². The first kappa shape index (κ1) is 21.6. The van der Waals surface area contributed by atoms with Crippen LogP contribution >= 0.6 is 11.6 Å². The van der Waals surface area contributed by atoms with Gasteiger partial charge in [-0.3, -0.25) is 14.5 Å². The molecule has 0 aromatic heterocycles. The van der Waals surface area contributed by atoms with Gasteiger partial charge in [-0.15, -0.1) is 0 Å². The van der Waals surface area contributed by atoms with E-state index in [1.807, 2.05) is 23.1 Å². The van der Waals surface area contributed by atoms with Crippen LogP contribution in [0.4, 0.5) is 0 Å². The number of piperazine rings is 2. The molecule has 4 rings (SSSR count). The van der Waals surface area contributed by atoms with Crippen molar-refractivity contribution in [2.45, 2.75) is 43.9 Å². The third-order valence-electron chi connectivity index (χ3n) is 6.65. The van der Waals surface area contributed by atoms with Crippen LogP contribution in [0.15, 0.2) is 24.3 Å². The maximum absolute atomic E-state index is 12.6. The molecule has 0 unspecified atom stereocenters. The number of nitrogens with one attached hydrogen (secondary N) is 2. The second-order valence-electron chi connectivity index (χ2n) is 8.78. The van der Waals surface area contributed by atoms with E-state index >= 15 is 0 Å². The molecule has 164 valence electrons. The number of rotatable bonds is 6. The van der Waals surface area contributed by atoms with Gasteiger partial charge in [-0.1, -0.05) is 23.7 Å². The summed E-state index contributed by atoms with van der Waals surface area (Å²) in [5, 5.41) is 7.38. The Hall–Kier alpha value is -1.67. The Morgan fingerprint density at radius 3 is 2.83 bits per heavy atom. The number of likely N-dealkylation sites (N-methyl/N-ethyl adjacent to an activating group) is 1. The Morgan fingerprint density at radius 2 is 2.07 bits per heavy atom. The quantitative estimate of drug-likeness (QED) is 0.698. The fraction of sp³-hybridized carbons (Fsp3) is 0.636. The van der Waals surface area contributed by atoms with Gasteiger partial charge in [0.15, 0.2) is 0 Å². The number of amides is 2. The lowest BCUT2D eigenvalue weighted by Crippen LogP contribution is -2.58. The Morgan fingerprint density at radius 1 is 1.27 bits per heavy atom. The number of hydrogen-bond acceptors (Lipinski definition) is 5. The minimum atomic E-state index is -0.0978. The summed E-state index contributed by atoms with van der Waals surface area (Å²) in [4.78, 5) is 31.6. The van der Waals surface area contributed by atoms with E-state index in [-0.39, 0.29) is 29.9 Å². The Balaban J connectivity index is 1.29. The number of carbonyl (C=O) groups excluding carboxylic acids is 2. The second-order valence-corrected chi connectivity index (χ2v) is 9.21. The van der Waals surface area contributed by atoms with Gasteiger partial charge in [-0.05, 0) is 37.6 Å². The largest absolute Gasteiger partial charge is 0.353 e. The second kappa shape index (κ2) is 9.64. The summed E-state index contributed by atoms with van der Waals surface area (Å²) >= 11 is 6.08. The predicted molar refractivity (Wildman–Crippen MR) is 117 cm³/mol. The van der Waals surface area contributed by atoms with E-state index < -0.39 is 0 Å². The van der Waals surface area contributed by atoms with Crippen molar-refractivity contribution in [3.63, 3.8) is 0 Å². The van der Waals surface area contributed by atoms with Crippen LogP contribution in [0.1, 0.15) is 24.8 Å². The van der Waals surface area contributed by atoms with Crippen LogP contribution in [-0.4, -0.2) is 91.0 Å².